The summed E-state index contributed by atoms with van der Waals surface area (Å²) in [6.45, 7) is 0. The van der Waals surface area contributed by atoms with Crippen LogP contribution in [0.3, 0.4) is 0 Å². The predicted molar refractivity (Wildman–Crippen MR) is 56.7 cm³/mol. The third kappa shape index (κ3) is 1.61. The third-order valence-electron chi connectivity index (χ3n) is 1.97. The first kappa shape index (κ1) is 9.51. The van der Waals surface area contributed by atoms with Crippen LogP contribution in [0, 0.1) is 0 Å². The number of nitrogens with one attached hydrogen (secondary N) is 3. The molecule has 0 fully saturated rings. The maximum absolute atomic E-state index is 9.74. The monoisotopic (exact) mass is 181 g/mol. The van der Waals surface area contributed by atoms with Gasteiger partial charge in [-0.3, -0.25) is 0 Å². The van der Waals surface area contributed by atoms with Gasteiger partial charge >= 0.3 is 0 Å². The standard InChI is InChI=1S/C9H15N3O/c1-10-6-4-5-7(11-2)9(13)8(6)12-3/h4-5,10-13H,1-3H3. The molecule has 0 saturated carbocycles. The summed E-state index contributed by atoms with van der Waals surface area (Å²) in [6.07, 6.45) is 0. The van der Waals surface area contributed by atoms with E-state index in [1.54, 1.807) is 14.1 Å². The molecular weight excluding hydrogens is 166 g/mol. The Hall–Kier alpha value is -1.58. The van der Waals surface area contributed by atoms with E-state index in [0.717, 1.165) is 5.69 Å². The molecule has 0 aliphatic rings. The molecule has 0 heterocycles. The van der Waals surface area contributed by atoms with Gasteiger partial charge in [0.1, 0.15) is 5.69 Å². The van der Waals surface area contributed by atoms with Crippen molar-refractivity contribution in [2.45, 2.75) is 0 Å². The van der Waals surface area contributed by atoms with E-state index in [2.05, 4.69) is 16.0 Å². The summed E-state index contributed by atoms with van der Waals surface area (Å²) in [5.41, 5.74) is 2.29. The van der Waals surface area contributed by atoms with Gasteiger partial charge in [-0.05, 0) is 12.1 Å². The van der Waals surface area contributed by atoms with E-state index in [0.29, 0.717) is 11.4 Å². The van der Waals surface area contributed by atoms with E-state index in [1.807, 2.05) is 19.2 Å². The summed E-state index contributed by atoms with van der Waals surface area (Å²) in [7, 11) is 5.36. The Balaban J connectivity index is 3.23. The first-order valence-corrected chi connectivity index (χ1v) is 4.13. The topological polar surface area (TPSA) is 56.3 Å². The second-order valence-corrected chi connectivity index (χ2v) is 2.63. The fraction of sp³-hybridized carbons (Fsp3) is 0.333. The van der Waals surface area contributed by atoms with Gasteiger partial charge in [0.15, 0.2) is 5.75 Å². The van der Waals surface area contributed by atoms with E-state index in [4.69, 9.17) is 0 Å². The lowest BCUT2D eigenvalue weighted by Crippen LogP contribution is -1.99. The fourth-order valence-electron chi connectivity index (χ4n) is 1.25. The second kappa shape index (κ2) is 3.89. The number of anilines is 3. The highest BCUT2D eigenvalue weighted by molar-refractivity contribution is 5.82. The maximum Gasteiger partial charge on any atom is 0.164 e. The molecule has 4 heteroatoms. The number of rotatable bonds is 3. The molecular formula is C9H15N3O. The lowest BCUT2D eigenvalue weighted by Gasteiger charge is -2.13. The number of hydrogen-bond acceptors (Lipinski definition) is 4. The average Bonchev–Trinajstić information content (AvgIpc) is 2.17. The van der Waals surface area contributed by atoms with Crippen LogP contribution in [0.15, 0.2) is 12.1 Å². The van der Waals surface area contributed by atoms with Gasteiger partial charge in [0, 0.05) is 21.1 Å². The smallest absolute Gasteiger partial charge is 0.164 e. The molecule has 0 bridgehead atoms. The Kier molecular flexibility index (Phi) is 2.84. The van der Waals surface area contributed by atoms with E-state index in [9.17, 15) is 5.11 Å². The number of hydrogen-bond donors (Lipinski definition) is 4. The van der Waals surface area contributed by atoms with Crippen LogP contribution < -0.4 is 16.0 Å². The molecule has 4 nitrogen and oxygen atoms in total. The van der Waals surface area contributed by atoms with E-state index >= 15 is 0 Å². The quantitative estimate of drug-likeness (QED) is 0.534. The molecule has 13 heavy (non-hydrogen) atoms. The Morgan fingerprint density at radius 1 is 0.923 bits per heavy atom. The molecule has 1 rings (SSSR count). The number of aromatic hydroxyl groups is 1. The summed E-state index contributed by atoms with van der Waals surface area (Å²) < 4.78 is 0. The van der Waals surface area contributed by atoms with Gasteiger partial charge in [-0.15, -0.1) is 0 Å². The van der Waals surface area contributed by atoms with Crippen LogP contribution in [0.2, 0.25) is 0 Å². The van der Waals surface area contributed by atoms with Crippen LogP contribution in [0.25, 0.3) is 0 Å². The molecule has 72 valence electrons. The normalized spacial score (nSPS) is 9.46. The van der Waals surface area contributed by atoms with E-state index in [-0.39, 0.29) is 5.75 Å². The van der Waals surface area contributed by atoms with Crippen molar-refractivity contribution in [2.75, 3.05) is 37.1 Å². The van der Waals surface area contributed by atoms with Crippen molar-refractivity contribution in [3.05, 3.63) is 12.1 Å². The van der Waals surface area contributed by atoms with Gasteiger partial charge < -0.3 is 21.1 Å². The molecule has 0 radical (unpaired) electrons. The minimum atomic E-state index is 0.233. The third-order valence-corrected chi connectivity index (χ3v) is 1.97. The van der Waals surface area contributed by atoms with Crippen molar-refractivity contribution in [3.8, 4) is 5.75 Å². The SMILES string of the molecule is CNc1ccc(NC)c(NC)c1O. The largest absolute Gasteiger partial charge is 0.504 e. The van der Waals surface area contributed by atoms with Crippen LogP contribution in [-0.2, 0) is 0 Å². The van der Waals surface area contributed by atoms with Crippen molar-refractivity contribution in [3.63, 3.8) is 0 Å². The molecule has 1 aromatic carbocycles. The van der Waals surface area contributed by atoms with Crippen LogP contribution in [0.5, 0.6) is 5.75 Å². The molecule has 0 aliphatic carbocycles. The highest BCUT2D eigenvalue weighted by Gasteiger charge is 2.08. The Morgan fingerprint density at radius 3 is 1.92 bits per heavy atom. The Morgan fingerprint density at radius 2 is 1.46 bits per heavy atom. The minimum Gasteiger partial charge on any atom is -0.504 e. The van der Waals surface area contributed by atoms with Gasteiger partial charge in [-0.2, -0.15) is 0 Å². The molecule has 0 aromatic heterocycles. The first-order valence-electron chi connectivity index (χ1n) is 4.13. The molecule has 0 unspecified atom stereocenters. The summed E-state index contributed by atoms with van der Waals surface area (Å²) >= 11 is 0. The van der Waals surface area contributed by atoms with Crippen LogP contribution >= 0.6 is 0 Å². The summed E-state index contributed by atoms with van der Waals surface area (Å²) in [5.74, 6) is 0.233. The molecule has 4 N–H and O–H groups in total. The lowest BCUT2D eigenvalue weighted by molar-refractivity contribution is 0.480. The summed E-state index contributed by atoms with van der Waals surface area (Å²) in [5, 5.41) is 18.6. The highest BCUT2D eigenvalue weighted by atomic mass is 16.3. The Labute approximate surface area is 78.0 Å². The molecule has 0 saturated heterocycles. The minimum absolute atomic E-state index is 0.233. The van der Waals surface area contributed by atoms with Crippen LogP contribution in [0.1, 0.15) is 0 Å². The molecule has 1 aromatic rings. The van der Waals surface area contributed by atoms with Crippen molar-refractivity contribution >= 4 is 17.1 Å². The van der Waals surface area contributed by atoms with Crippen LogP contribution in [0.4, 0.5) is 17.1 Å². The zero-order chi connectivity index (χ0) is 9.84. The molecule has 0 amide bonds. The zero-order valence-electron chi connectivity index (χ0n) is 8.10. The second-order valence-electron chi connectivity index (χ2n) is 2.63. The molecule has 0 atom stereocenters. The lowest BCUT2D eigenvalue weighted by atomic mass is 10.2. The molecule has 0 aliphatic heterocycles. The zero-order valence-corrected chi connectivity index (χ0v) is 8.10. The van der Waals surface area contributed by atoms with Crippen molar-refractivity contribution < 1.29 is 5.11 Å². The first-order chi connectivity index (χ1) is 6.24. The van der Waals surface area contributed by atoms with Gasteiger partial charge in [-0.25, -0.2) is 0 Å². The van der Waals surface area contributed by atoms with Crippen LogP contribution in [-0.4, -0.2) is 26.2 Å². The highest BCUT2D eigenvalue weighted by Crippen LogP contribution is 2.37. The van der Waals surface area contributed by atoms with Gasteiger partial charge in [-0.1, -0.05) is 0 Å². The maximum atomic E-state index is 9.74. The molecule has 0 spiro atoms. The van der Waals surface area contributed by atoms with E-state index in [1.165, 1.54) is 0 Å². The predicted octanol–water partition coefficient (Wildman–Crippen LogP) is 1.52. The number of phenolic OH excluding ortho intramolecular Hbond substituents is 1. The number of benzene rings is 1. The average molecular weight is 181 g/mol. The van der Waals surface area contributed by atoms with E-state index < -0.39 is 0 Å². The van der Waals surface area contributed by atoms with Gasteiger partial charge in [0.05, 0.1) is 11.4 Å². The Bertz CT molecular complexity index is 299. The van der Waals surface area contributed by atoms with Crippen molar-refractivity contribution in [1.29, 1.82) is 0 Å². The van der Waals surface area contributed by atoms with Crippen molar-refractivity contribution in [1.82, 2.24) is 0 Å². The van der Waals surface area contributed by atoms with Gasteiger partial charge in [0.25, 0.3) is 0 Å². The summed E-state index contributed by atoms with van der Waals surface area (Å²) in [6, 6.07) is 3.72. The fourth-order valence-corrected chi connectivity index (χ4v) is 1.25. The van der Waals surface area contributed by atoms with Crippen molar-refractivity contribution in [2.24, 2.45) is 0 Å². The summed E-state index contributed by atoms with van der Waals surface area (Å²) in [4.78, 5) is 0. The number of phenols is 1. The van der Waals surface area contributed by atoms with Gasteiger partial charge in [0.2, 0.25) is 0 Å².